The maximum atomic E-state index is 12.1. The molecule has 2 heterocycles. The number of hydrazone groups is 1. The lowest BCUT2D eigenvalue weighted by atomic mass is 10.1. The van der Waals surface area contributed by atoms with Gasteiger partial charge < -0.3 is 4.42 Å². The van der Waals surface area contributed by atoms with E-state index in [-0.39, 0.29) is 5.91 Å². The maximum absolute atomic E-state index is 12.1. The van der Waals surface area contributed by atoms with Crippen LogP contribution in [0.2, 0.25) is 0 Å². The zero-order valence-electron chi connectivity index (χ0n) is 14.5. The minimum atomic E-state index is -0.266. The standard InChI is InChI=1S/C19H20N4O2/c1-13-10-14(2)23(22-13)12-16-5-7-17(8-6-16)19(24)21-20-11-18-9-4-15(3)25-18/h4-11H,12H2,1-3H3,(H,21,24). The third-order valence-corrected chi connectivity index (χ3v) is 3.77. The average Bonchev–Trinajstić information content (AvgIpc) is 3.13. The molecule has 25 heavy (non-hydrogen) atoms. The van der Waals surface area contributed by atoms with Gasteiger partial charge in [0.15, 0.2) is 0 Å². The Morgan fingerprint density at radius 1 is 1.20 bits per heavy atom. The SMILES string of the molecule is Cc1cc(C)n(Cc2ccc(C(=O)NN=Cc3ccc(C)o3)cc2)n1. The summed E-state index contributed by atoms with van der Waals surface area (Å²) in [5, 5.41) is 8.35. The number of carbonyl (C=O) groups excluding carboxylic acids is 1. The van der Waals surface area contributed by atoms with Gasteiger partial charge in [-0.3, -0.25) is 9.48 Å². The van der Waals surface area contributed by atoms with Crippen molar-refractivity contribution in [2.45, 2.75) is 27.3 Å². The molecule has 0 unspecified atom stereocenters. The fourth-order valence-electron chi connectivity index (χ4n) is 2.51. The van der Waals surface area contributed by atoms with Crippen LogP contribution in [-0.4, -0.2) is 21.9 Å². The smallest absolute Gasteiger partial charge is 0.271 e. The van der Waals surface area contributed by atoms with Gasteiger partial charge in [-0.05, 0) is 56.7 Å². The van der Waals surface area contributed by atoms with Gasteiger partial charge in [0.2, 0.25) is 0 Å². The first-order valence-corrected chi connectivity index (χ1v) is 8.01. The number of aromatic nitrogens is 2. The van der Waals surface area contributed by atoms with E-state index in [9.17, 15) is 4.79 Å². The molecule has 6 nitrogen and oxygen atoms in total. The Hall–Kier alpha value is -3.15. The first-order chi connectivity index (χ1) is 12.0. The molecule has 6 heteroatoms. The second-order valence-corrected chi connectivity index (χ2v) is 5.93. The van der Waals surface area contributed by atoms with E-state index in [0.29, 0.717) is 17.9 Å². The Morgan fingerprint density at radius 2 is 1.96 bits per heavy atom. The molecule has 0 atom stereocenters. The summed E-state index contributed by atoms with van der Waals surface area (Å²) in [6, 6.07) is 13.1. The van der Waals surface area contributed by atoms with Crippen molar-refractivity contribution < 1.29 is 9.21 Å². The highest BCUT2D eigenvalue weighted by Crippen LogP contribution is 2.09. The number of carbonyl (C=O) groups is 1. The van der Waals surface area contributed by atoms with Crippen molar-refractivity contribution in [3.63, 3.8) is 0 Å². The summed E-state index contributed by atoms with van der Waals surface area (Å²) in [4.78, 5) is 12.1. The van der Waals surface area contributed by atoms with E-state index in [0.717, 1.165) is 22.7 Å². The fraction of sp³-hybridized carbons (Fsp3) is 0.211. The fourth-order valence-corrected chi connectivity index (χ4v) is 2.51. The first kappa shape index (κ1) is 16.7. The molecule has 0 aliphatic heterocycles. The highest BCUT2D eigenvalue weighted by atomic mass is 16.3. The zero-order chi connectivity index (χ0) is 17.8. The molecule has 128 valence electrons. The molecular formula is C19H20N4O2. The Kier molecular flexibility index (Phi) is 4.79. The monoisotopic (exact) mass is 336 g/mol. The molecular weight excluding hydrogens is 316 g/mol. The number of hydrogen-bond acceptors (Lipinski definition) is 4. The van der Waals surface area contributed by atoms with Gasteiger partial charge in [-0.2, -0.15) is 10.2 Å². The van der Waals surface area contributed by atoms with E-state index < -0.39 is 0 Å². The van der Waals surface area contributed by atoms with Crippen molar-refractivity contribution >= 4 is 12.1 Å². The molecule has 0 saturated heterocycles. The first-order valence-electron chi connectivity index (χ1n) is 8.01. The summed E-state index contributed by atoms with van der Waals surface area (Å²) >= 11 is 0. The largest absolute Gasteiger partial charge is 0.460 e. The van der Waals surface area contributed by atoms with Crippen LogP contribution in [0.5, 0.6) is 0 Å². The van der Waals surface area contributed by atoms with Crippen molar-refractivity contribution in [3.05, 3.63) is 76.5 Å². The highest BCUT2D eigenvalue weighted by molar-refractivity contribution is 5.94. The molecule has 1 N–H and O–H groups in total. The molecule has 3 rings (SSSR count). The average molecular weight is 336 g/mol. The molecule has 0 fully saturated rings. The van der Waals surface area contributed by atoms with Gasteiger partial charge in [-0.25, -0.2) is 5.43 Å². The summed E-state index contributed by atoms with van der Waals surface area (Å²) < 4.78 is 7.29. The van der Waals surface area contributed by atoms with Gasteiger partial charge >= 0.3 is 0 Å². The predicted molar refractivity (Wildman–Crippen MR) is 95.8 cm³/mol. The lowest BCUT2D eigenvalue weighted by Gasteiger charge is -2.06. The molecule has 0 bridgehead atoms. The minimum Gasteiger partial charge on any atom is -0.460 e. The van der Waals surface area contributed by atoms with Gasteiger partial charge in [0, 0.05) is 11.3 Å². The molecule has 0 aliphatic carbocycles. The molecule has 3 aromatic rings. The normalized spacial score (nSPS) is 11.2. The lowest BCUT2D eigenvalue weighted by molar-refractivity contribution is 0.0955. The van der Waals surface area contributed by atoms with Gasteiger partial charge in [-0.1, -0.05) is 12.1 Å². The predicted octanol–water partition coefficient (Wildman–Crippen LogP) is 3.21. The van der Waals surface area contributed by atoms with Crippen molar-refractivity contribution in [2.24, 2.45) is 5.10 Å². The van der Waals surface area contributed by atoms with Crippen LogP contribution in [0.25, 0.3) is 0 Å². The summed E-state index contributed by atoms with van der Waals surface area (Å²) in [5.74, 6) is 1.13. The van der Waals surface area contributed by atoms with Gasteiger partial charge in [0.05, 0.1) is 18.5 Å². The topological polar surface area (TPSA) is 72.4 Å². The van der Waals surface area contributed by atoms with E-state index in [2.05, 4.69) is 15.6 Å². The van der Waals surface area contributed by atoms with Crippen LogP contribution in [-0.2, 0) is 6.54 Å². The third-order valence-electron chi connectivity index (χ3n) is 3.77. The molecule has 1 aromatic carbocycles. The molecule has 1 amide bonds. The Balaban J connectivity index is 1.60. The maximum Gasteiger partial charge on any atom is 0.271 e. The Labute approximate surface area is 146 Å². The van der Waals surface area contributed by atoms with Crippen LogP contribution in [0.3, 0.4) is 0 Å². The third kappa shape index (κ3) is 4.23. The van der Waals surface area contributed by atoms with Gasteiger partial charge in [-0.15, -0.1) is 0 Å². The number of nitrogens with one attached hydrogen (secondary N) is 1. The zero-order valence-corrected chi connectivity index (χ0v) is 14.5. The molecule has 2 aromatic heterocycles. The number of aryl methyl sites for hydroxylation is 3. The Morgan fingerprint density at radius 3 is 2.56 bits per heavy atom. The van der Waals surface area contributed by atoms with Crippen LogP contribution in [0.1, 0.15) is 38.8 Å². The highest BCUT2D eigenvalue weighted by Gasteiger charge is 2.06. The van der Waals surface area contributed by atoms with E-state index in [4.69, 9.17) is 4.42 Å². The van der Waals surface area contributed by atoms with Gasteiger partial charge in [0.1, 0.15) is 11.5 Å². The summed E-state index contributed by atoms with van der Waals surface area (Å²) in [7, 11) is 0. The number of benzene rings is 1. The van der Waals surface area contributed by atoms with Crippen LogP contribution >= 0.6 is 0 Å². The number of rotatable bonds is 5. The van der Waals surface area contributed by atoms with E-state index >= 15 is 0 Å². The summed E-state index contributed by atoms with van der Waals surface area (Å²) in [5.41, 5.74) is 6.23. The number of nitrogens with zero attached hydrogens (tertiary/aromatic N) is 3. The number of furan rings is 1. The quantitative estimate of drug-likeness (QED) is 0.574. The minimum absolute atomic E-state index is 0.266. The summed E-state index contributed by atoms with van der Waals surface area (Å²) in [6.07, 6.45) is 1.47. The van der Waals surface area contributed by atoms with E-state index in [1.165, 1.54) is 6.21 Å². The molecule has 0 radical (unpaired) electrons. The molecule has 0 saturated carbocycles. The second kappa shape index (κ2) is 7.17. The van der Waals surface area contributed by atoms with Crippen LogP contribution in [0.4, 0.5) is 0 Å². The molecule has 0 spiro atoms. The van der Waals surface area contributed by atoms with Crippen molar-refractivity contribution in [2.75, 3.05) is 0 Å². The van der Waals surface area contributed by atoms with E-state index in [1.54, 1.807) is 18.2 Å². The molecule has 0 aliphatic rings. The van der Waals surface area contributed by atoms with Crippen molar-refractivity contribution in [3.8, 4) is 0 Å². The Bertz CT molecular complexity index is 904. The number of hydrogen-bond donors (Lipinski definition) is 1. The summed E-state index contributed by atoms with van der Waals surface area (Å²) in [6.45, 7) is 6.53. The van der Waals surface area contributed by atoms with Gasteiger partial charge in [0.25, 0.3) is 5.91 Å². The van der Waals surface area contributed by atoms with Crippen molar-refractivity contribution in [1.29, 1.82) is 0 Å². The van der Waals surface area contributed by atoms with Crippen LogP contribution in [0, 0.1) is 20.8 Å². The van der Waals surface area contributed by atoms with Crippen LogP contribution in [0.15, 0.2) is 52.0 Å². The number of amides is 1. The van der Waals surface area contributed by atoms with Crippen molar-refractivity contribution in [1.82, 2.24) is 15.2 Å². The van der Waals surface area contributed by atoms with E-state index in [1.807, 2.05) is 49.7 Å². The second-order valence-electron chi connectivity index (χ2n) is 5.93. The lowest BCUT2D eigenvalue weighted by Crippen LogP contribution is -2.17. The van der Waals surface area contributed by atoms with Crippen LogP contribution < -0.4 is 5.43 Å².